The first-order valence-electron chi connectivity index (χ1n) is 7.45. The average molecular weight is 322 g/mol. The first-order chi connectivity index (χ1) is 10.9. The van der Waals surface area contributed by atoms with Crippen molar-refractivity contribution in [3.63, 3.8) is 0 Å². The number of nitrogens with zero attached hydrogens (tertiary/aromatic N) is 2. The van der Waals surface area contributed by atoms with E-state index in [0.29, 0.717) is 5.70 Å². The smallest absolute Gasteiger partial charge is 0.285 e. The Labute approximate surface area is 130 Å². The van der Waals surface area contributed by atoms with Crippen LogP contribution in [0.1, 0.15) is 31.2 Å². The third-order valence-electron chi connectivity index (χ3n) is 4.73. The zero-order valence-electron chi connectivity index (χ0n) is 12.1. The van der Waals surface area contributed by atoms with Gasteiger partial charge < -0.3 is 0 Å². The first-order valence-corrected chi connectivity index (χ1v) is 7.45. The molecule has 0 N–H and O–H groups in total. The molecule has 3 heterocycles. The highest BCUT2D eigenvalue weighted by Gasteiger charge is 2.50. The van der Waals surface area contributed by atoms with Gasteiger partial charge in [-0.15, -0.1) is 0 Å². The third kappa shape index (κ3) is 1.99. The molecule has 3 aliphatic heterocycles. The maximum Gasteiger partial charge on any atom is 0.416 e. The maximum atomic E-state index is 12.9. The topological polar surface area (TPSA) is 40.6 Å². The van der Waals surface area contributed by atoms with E-state index >= 15 is 0 Å². The Balaban J connectivity index is 1.78. The van der Waals surface area contributed by atoms with Gasteiger partial charge in [-0.05, 0) is 49.5 Å². The van der Waals surface area contributed by atoms with Gasteiger partial charge in [0, 0.05) is 6.04 Å². The molecule has 1 aliphatic carbocycles. The van der Waals surface area contributed by atoms with E-state index in [1.54, 1.807) is 0 Å². The number of alkyl halides is 3. The summed E-state index contributed by atoms with van der Waals surface area (Å²) in [5.41, 5.74) is 0.424. The van der Waals surface area contributed by atoms with Gasteiger partial charge in [-0.3, -0.25) is 9.69 Å². The zero-order chi connectivity index (χ0) is 16.4. The second-order valence-corrected chi connectivity index (χ2v) is 6.02. The van der Waals surface area contributed by atoms with Crippen molar-refractivity contribution < 1.29 is 22.8 Å². The molecule has 23 heavy (non-hydrogen) atoms. The van der Waals surface area contributed by atoms with Crippen molar-refractivity contribution in [2.45, 2.75) is 37.9 Å². The Bertz CT molecular complexity index is 744. The highest BCUT2D eigenvalue weighted by Crippen LogP contribution is 2.44. The summed E-state index contributed by atoms with van der Waals surface area (Å²) in [6, 6.07) is 3.79. The summed E-state index contributed by atoms with van der Waals surface area (Å²) in [6.45, 7) is 0. The summed E-state index contributed by atoms with van der Waals surface area (Å²) >= 11 is 0. The minimum Gasteiger partial charge on any atom is -0.285 e. The van der Waals surface area contributed by atoms with E-state index < -0.39 is 23.7 Å². The van der Waals surface area contributed by atoms with Crippen LogP contribution in [-0.2, 0) is 11.0 Å². The summed E-state index contributed by atoms with van der Waals surface area (Å²) in [7, 11) is 0. The number of allylic oxidation sites excluding steroid dienone is 1. The molecule has 1 aromatic carbocycles. The minimum atomic E-state index is -4.52. The zero-order valence-corrected chi connectivity index (χ0v) is 12.1. The molecule has 4 nitrogen and oxygen atoms in total. The largest absolute Gasteiger partial charge is 0.416 e. The van der Waals surface area contributed by atoms with E-state index in [9.17, 15) is 22.8 Å². The molecule has 2 bridgehead atoms. The summed E-state index contributed by atoms with van der Waals surface area (Å²) in [5.74, 6) is -0.506. The van der Waals surface area contributed by atoms with Crippen molar-refractivity contribution in [1.29, 1.82) is 0 Å². The molecule has 0 aromatic heterocycles. The molecule has 3 amide bonds. The molecule has 0 radical (unpaired) electrons. The molecule has 2 fully saturated rings. The molecule has 4 aliphatic rings. The van der Waals surface area contributed by atoms with Crippen LogP contribution in [0.15, 0.2) is 35.5 Å². The Morgan fingerprint density at radius 1 is 1.09 bits per heavy atom. The number of hydrogen-bond donors (Lipinski definition) is 0. The molecule has 7 heteroatoms. The minimum absolute atomic E-state index is 0.0188. The standard InChI is InChI=1S/C16H13F3N2O2/c17-16(18,19)10-2-1-3-12(8-10)21-14(22)13-9-4-6-11(7-5-9)20(13)15(21)23/h1-3,8,11H,4-7H2. The molecule has 0 unspecified atom stereocenters. The number of amides is 3. The fourth-order valence-electron chi connectivity index (χ4n) is 3.65. The van der Waals surface area contributed by atoms with Gasteiger partial charge in [-0.2, -0.15) is 13.2 Å². The molecule has 1 saturated heterocycles. The van der Waals surface area contributed by atoms with Gasteiger partial charge >= 0.3 is 12.2 Å². The number of hydrogen-bond acceptors (Lipinski definition) is 2. The van der Waals surface area contributed by atoms with Gasteiger partial charge in [-0.25, -0.2) is 9.69 Å². The van der Waals surface area contributed by atoms with E-state index in [2.05, 4.69) is 0 Å². The number of carbonyl (C=O) groups is 2. The molecule has 5 rings (SSSR count). The highest BCUT2D eigenvalue weighted by atomic mass is 19.4. The summed E-state index contributed by atoms with van der Waals surface area (Å²) in [4.78, 5) is 27.6. The highest BCUT2D eigenvalue weighted by molar-refractivity contribution is 6.27. The fourth-order valence-corrected chi connectivity index (χ4v) is 3.65. The van der Waals surface area contributed by atoms with Crippen LogP contribution in [0.4, 0.5) is 23.7 Å². The number of fused-ring (bicyclic) bond motifs is 2. The van der Waals surface area contributed by atoms with Crippen molar-refractivity contribution >= 4 is 17.6 Å². The number of benzene rings is 1. The molecule has 0 spiro atoms. The normalized spacial score (nSPS) is 21.5. The van der Waals surface area contributed by atoms with Crippen LogP contribution in [0, 0.1) is 0 Å². The molecule has 0 atom stereocenters. The molecular formula is C16H13F3N2O2. The van der Waals surface area contributed by atoms with Gasteiger partial charge in [0.25, 0.3) is 5.91 Å². The SMILES string of the molecule is O=C1C2=C3CCC(CC3)N2C(=O)N1c1cccc(C(F)(F)F)c1. The van der Waals surface area contributed by atoms with Crippen molar-refractivity contribution in [3.05, 3.63) is 41.1 Å². The number of imide groups is 1. The third-order valence-corrected chi connectivity index (χ3v) is 4.73. The van der Waals surface area contributed by atoms with E-state index in [-0.39, 0.29) is 11.7 Å². The summed E-state index contributed by atoms with van der Waals surface area (Å²) in [6.07, 6.45) is -1.32. The van der Waals surface area contributed by atoms with Crippen LogP contribution in [0.2, 0.25) is 0 Å². The second-order valence-electron chi connectivity index (χ2n) is 6.02. The molecule has 1 saturated carbocycles. The predicted octanol–water partition coefficient (Wildman–Crippen LogP) is 3.68. The Morgan fingerprint density at radius 2 is 1.78 bits per heavy atom. The lowest BCUT2D eigenvalue weighted by Gasteiger charge is -2.38. The van der Waals surface area contributed by atoms with Crippen LogP contribution in [0.3, 0.4) is 0 Å². The fraction of sp³-hybridized carbons (Fsp3) is 0.375. The predicted molar refractivity (Wildman–Crippen MR) is 75.4 cm³/mol. The van der Waals surface area contributed by atoms with E-state index in [1.807, 2.05) is 0 Å². The quantitative estimate of drug-likeness (QED) is 0.740. The lowest BCUT2D eigenvalue weighted by atomic mass is 9.84. The number of rotatable bonds is 1. The first kappa shape index (κ1) is 14.3. The maximum absolute atomic E-state index is 12.9. The van der Waals surface area contributed by atoms with Crippen molar-refractivity contribution in [3.8, 4) is 0 Å². The van der Waals surface area contributed by atoms with Gasteiger partial charge in [-0.1, -0.05) is 6.07 Å². The van der Waals surface area contributed by atoms with Crippen molar-refractivity contribution in [2.75, 3.05) is 4.90 Å². The Morgan fingerprint density at radius 3 is 2.39 bits per heavy atom. The van der Waals surface area contributed by atoms with E-state index in [1.165, 1.54) is 17.0 Å². The lowest BCUT2D eigenvalue weighted by molar-refractivity contribution is -0.137. The van der Waals surface area contributed by atoms with Gasteiger partial charge in [0.15, 0.2) is 0 Å². The Hall–Kier alpha value is -2.31. The second kappa shape index (κ2) is 4.59. The lowest BCUT2D eigenvalue weighted by Crippen LogP contribution is -2.43. The summed E-state index contributed by atoms with van der Waals surface area (Å²) in [5, 5.41) is 0. The van der Waals surface area contributed by atoms with Crippen molar-refractivity contribution in [2.24, 2.45) is 0 Å². The van der Waals surface area contributed by atoms with E-state index in [0.717, 1.165) is 48.3 Å². The van der Waals surface area contributed by atoms with Crippen LogP contribution < -0.4 is 4.90 Å². The van der Waals surface area contributed by atoms with Crippen LogP contribution >= 0.6 is 0 Å². The summed E-state index contributed by atoms with van der Waals surface area (Å²) < 4.78 is 38.6. The molecule has 120 valence electrons. The van der Waals surface area contributed by atoms with Crippen LogP contribution in [-0.4, -0.2) is 22.9 Å². The molecule has 1 aromatic rings. The Kier molecular flexibility index (Phi) is 2.86. The van der Waals surface area contributed by atoms with Crippen molar-refractivity contribution in [1.82, 2.24) is 4.90 Å². The average Bonchev–Trinajstić information content (AvgIpc) is 2.81. The number of urea groups is 1. The van der Waals surface area contributed by atoms with Gasteiger partial charge in [0.1, 0.15) is 5.70 Å². The number of carbonyl (C=O) groups excluding carboxylic acids is 2. The number of halogens is 3. The van der Waals surface area contributed by atoms with Gasteiger partial charge in [0.05, 0.1) is 11.3 Å². The monoisotopic (exact) mass is 322 g/mol. The van der Waals surface area contributed by atoms with Gasteiger partial charge in [0.2, 0.25) is 0 Å². The number of anilines is 1. The molecular weight excluding hydrogens is 309 g/mol. The van der Waals surface area contributed by atoms with E-state index in [4.69, 9.17) is 0 Å². The van der Waals surface area contributed by atoms with Crippen LogP contribution in [0.5, 0.6) is 0 Å². The van der Waals surface area contributed by atoms with Crippen LogP contribution in [0.25, 0.3) is 0 Å².